The smallest absolute Gasteiger partial charge is 0.252 e. The zero-order valence-corrected chi connectivity index (χ0v) is 10.4. The Kier molecular flexibility index (Phi) is 4.29. The van der Waals surface area contributed by atoms with Crippen LogP contribution in [0.3, 0.4) is 0 Å². The highest BCUT2D eigenvalue weighted by Crippen LogP contribution is 2.19. The number of hydrogen-bond acceptors (Lipinski definition) is 3. The van der Waals surface area contributed by atoms with Crippen molar-refractivity contribution < 1.29 is 9.18 Å². The lowest BCUT2D eigenvalue weighted by Crippen LogP contribution is -2.36. The second kappa shape index (κ2) is 5.30. The van der Waals surface area contributed by atoms with Crippen molar-refractivity contribution in [2.24, 2.45) is 0 Å². The maximum Gasteiger partial charge on any atom is 0.252 e. The highest BCUT2D eigenvalue weighted by molar-refractivity contribution is 7.99. The van der Waals surface area contributed by atoms with Crippen molar-refractivity contribution in [1.82, 2.24) is 10.3 Å². The lowest BCUT2D eigenvalue weighted by atomic mass is 10.2. The van der Waals surface area contributed by atoms with E-state index in [2.05, 4.69) is 10.3 Å². The predicted octanol–water partition coefficient (Wildman–Crippen LogP) is 2.09. The monoisotopic (exact) mass is 242 g/mol. The molecule has 1 amide bonds. The standard InChI is InChI=1S/C11H15FN2OS/c1-11(2,16-3)7-14-10(15)8-4-5-9(12)13-6-8/h4-6H,7H2,1-3H3,(H,14,15). The fourth-order valence-corrected chi connectivity index (χ4v) is 1.19. The van der Waals surface area contributed by atoms with Gasteiger partial charge in [-0.1, -0.05) is 0 Å². The topological polar surface area (TPSA) is 42.0 Å². The second-order valence-corrected chi connectivity index (χ2v) is 5.53. The second-order valence-electron chi connectivity index (χ2n) is 4.02. The van der Waals surface area contributed by atoms with Crippen LogP contribution in [0.2, 0.25) is 0 Å². The first kappa shape index (κ1) is 13.0. The minimum atomic E-state index is -0.582. The van der Waals surface area contributed by atoms with Crippen LogP contribution in [0.25, 0.3) is 0 Å². The van der Waals surface area contributed by atoms with Crippen molar-refractivity contribution in [3.05, 3.63) is 29.8 Å². The first-order valence-corrected chi connectivity index (χ1v) is 6.12. The van der Waals surface area contributed by atoms with Gasteiger partial charge >= 0.3 is 0 Å². The van der Waals surface area contributed by atoms with E-state index in [1.807, 2.05) is 20.1 Å². The summed E-state index contributed by atoms with van der Waals surface area (Å²) in [4.78, 5) is 15.1. The average Bonchev–Trinajstić information content (AvgIpc) is 2.27. The minimum absolute atomic E-state index is 0.0108. The van der Waals surface area contributed by atoms with Crippen molar-refractivity contribution in [3.8, 4) is 0 Å². The fraction of sp³-hybridized carbons (Fsp3) is 0.455. The highest BCUT2D eigenvalue weighted by atomic mass is 32.2. The molecule has 88 valence electrons. The third kappa shape index (κ3) is 3.81. The van der Waals surface area contributed by atoms with Gasteiger partial charge in [0.15, 0.2) is 0 Å². The van der Waals surface area contributed by atoms with Crippen LogP contribution in [0.1, 0.15) is 24.2 Å². The number of nitrogens with zero attached hydrogens (tertiary/aromatic N) is 1. The lowest BCUT2D eigenvalue weighted by molar-refractivity contribution is 0.0950. The molecule has 0 atom stereocenters. The first-order valence-electron chi connectivity index (χ1n) is 4.89. The first-order chi connectivity index (χ1) is 7.44. The quantitative estimate of drug-likeness (QED) is 0.822. The number of rotatable bonds is 4. The molecule has 0 spiro atoms. The third-order valence-electron chi connectivity index (χ3n) is 2.22. The molecular formula is C11H15FN2OS. The molecule has 0 radical (unpaired) electrons. The Bertz CT molecular complexity index is 365. The number of aromatic nitrogens is 1. The van der Waals surface area contributed by atoms with Crippen LogP contribution < -0.4 is 5.32 Å². The summed E-state index contributed by atoms with van der Waals surface area (Å²) in [7, 11) is 0. The summed E-state index contributed by atoms with van der Waals surface area (Å²) < 4.78 is 12.5. The average molecular weight is 242 g/mol. The predicted molar refractivity (Wildman–Crippen MR) is 64.1 cm³/mol. The summed E-state index contributed by atoms with van der Waals surface area (Å²) in [6.45, 7) is 4.64. The van der Waals surface area contributed by atoms with Gasteiger partial charge < -0.3 is 5.32 Å². The molecule has 0 bridgehead atoms. The number of pyridine rings is 1. The van der Waals surface area contributed by atoms with Gasteiger partial charge in [-0.15, -0.1) is 0 Å². The third-order valence-corrected chi connectivity index (χ3v) is 3.47. The molecule has 1 rings (SSSR count). The maximum absolute atomic E-state index is 12.5. The Morgan fingerprint density at radius 2 is 2.25 bits per heavy atom. The van der Waals surface area contributed by atoms with E-state index < -0.39 is 5.95 Å². The Labute approximate surface area is 98.8 Å². The van der Waals surface area contributed by atoms with E-state index >= 15 is 0 Å². The Morgan fingerprint density at radius 1 is 1.56 bits per heavy atom. The van der Waals surface area contributed by atoms with E-state index in [1.54, 1.807) is 11.8 Å². The molecule has 0 aromatic carbocycles. The number of hydrogen-bond donors (Lipinski definition) is 1. The largest absolute Gasteiger partial charge is 0.351 e. The molecule has 0 aliphatic carbocycles. The molecule has 0 unspecified atom stereocenters. The minimum Gasteiger partial charge on any atom is -0.351 e. The van der Waals surface area contributed by atoms with Crippen molar-refractivity contribution in [2.75, 3.05) is 12.8 Å². The van der Waals surface area contributed by atoms with Crippen molar-refractivity contribution in [1.29, 1.82) is 0 Å². The molecule has 0 fully saturated rings. The summed E-state index contributed by atoms with van der Waals surface area (Å²) >= 11 is 1.68. The van der Waals surface area contributed by atoms with E-state index in [9.17, 15) is 9.18 Å². The van der Waals surface area contributed by atoms with Crippen LogP contribution in [0.5, 0.6) is 0 Å². The van der Waals surface area contributed by atoms with E-state index in [4.69, 9.17) is 0 Å². The van der Waals surface area contributed by atoms with Gasteiger partial charge in [-0.2, -0.15) is 16.2 Å². The molecule has 0 aliphatic heterocycles. The van der Waals surface area contributed by atoms with E-state index in [0.717, 1.165) is 0 Å². The Morgan fingerprint density at radius 3 is 2.75 bits per heavy atom. The van der Waals surface area contributed by atoms with E-state index in [0.29, 0.717) is 12.1 Å². The summed E-state index contributed by atoms with van der Waals surface area (Å²) in [5.41, 5.74) is 0.373. The summed E-state index contributed by atoms with van der Waals surface area (Å²) in [5, 5.41) is 2.79. The van der Waals surface area contributed by atoms with E-state index in [-0.39, 0.29) is 10.7 Å². The van der Waals surface area contributed by atoms with Crippen LogP contribution >= 0.6 is 11.8 Å². The van der Waals surface area contributed by atoms with Gasteiger partial charge in [-0.25, -0.2) is 4.98 Å². The van der Waals surface area contributed by atoms with Gasteiger partial charge in [-0.05, 0) is 32.2 Å². The van der Waals surface area contributed by atoms with Gasteiger partial charge in [0.1, 0.15) is 0 Å². The maximum atomic E-state index is 12.5. The number of carbonyl (C=O) groups excluding carboxylic acids is 1. The molecule has 1 N–H and O–H groups in total. The SMILES string of the molecule is CSC(C)(C)CNC(=O)c1ccc(F)nc1. The molecule has 0 saturated carbocycles. The highest BCUT2D eigenvalue weighted by Gasteiger charge is 2.17. The number of halogens is 1. The number of thioether (sulfide) groups is 1. The van der Waals surface area contributed by atoms with Crippen LogP contribution in [-0.2, 0) is 0 Å². The number of carbonyl (C=O) groups is 1. The molecule has 0 saturated heterocycles. The molecule has 16 heavy (non-hydrogen) atoms. The van der Waals surface area contributed by atoms with Crippen molar-refractivity contribution >= 4 is 17.7 Å². The van der Waals surface area contributed by atoms with Gasteiger partial charge in [0.2, 0.25) is 5.95 Å². The van der Waals surface area contributed by atoms with Gasteiger partial charge in [0.05, 0.1) is 5.56 Å². The normalized spacial score (nSPS) is 11.2. The van der Waals surface area contributed by atoms with Gasteiger partial charge in [0, 0.05) is 17.5 Å². The fourth-order valence-electron chi connectivity index (χ4n) is 0.978. The molecule has 3 nitrogen and oxygen atoms in total. The van der Waals surface area contributed by atoms with Gasteiger partial charge in [0.25, 0.3) is 5.91 Å². The van der Waals surface area contributed by atoms with Crippen LogP contribution in [0.4, 0.5) is 4.39 Å². The molecule has 5 heteroatoms. The Hall–Kier alpha value is -1.10. The zero-order valence-electron chi connectivity index (χ0n) is 9.58. The molecule has 1 aromatic rings. The van der Waals surface area contributed by atoms with Crippen molar-refractivity contribution in [2.45, 2.75) is 18.6 Å². The molecule has 0 aliphatic rings. The van der Waals surface area contributed by atoms with E-state index in [1.165, 1.54) is 18.3 Å². The summed E-state index contributed by atoms with van der Waals surface area (Å²) in [6, 6.07) is 2.60. The Balaban J connectivity index is 2.56. The molecular weight excluding hydrogens is 227 g/mol. The van der Waals surface area contributed by atoms with Crippen LogP contribution in [0, 0.1) is 5.95 Å². The number of nitrogens with one attached hydrogen (secondary N) is 1. The zero-order chi connectivity index (χ0) is 12.2. The molecule has 1 aromatic heterocycles. The summed E-state index contributed by atoms with van der Waals surface area (Å²) in [5.74, 6) is -0.810. The number of amides is 1. The van der Waals surface area contributed by atoms with Gasteiger partial charge in [-0.3, -0.25) is 4.79 Å². The summed E-state index contributed by atoms with van der Waals surface area (Å²) in [6.07, 6.45) is 3.22. The van der Waals surface area contributed by atoms with Crippen LogP contribution in [-0.4, -0.2) is 28.4 Å². The van der Waals surface area contributed by atoms with Crippen molar-refractivity contribution in [3.63, 3.8) is 0 Å². The molecule has 1 heterocycles. The lowest BCUT2D eigenvalue weighted by Gasteiger charge is -2.22. The van der Waals surface area contributed by atoms with Crippen LogP contribution in [0.15, 0.2) is 18.3 Å².